The fourth-order valence-electron chi connectivity index (χ4n) is 3.61. The van der Waals surface area contributed by atoms with Crippen LogP contribution in [-0.2, 0) is 12.5 Å². The van der Waals surface area contributed by atoms with Crippen molar-refractivity contribution in [1.29, 1.82) is 0 Å². The summed E-state index contributed by atoms with van der Waals surface area (Å²) in [6.45, 7) is 0. The number of halogens is 1. The molecule has 0 atom stereocenters. The monoisotopic (exact) mass is 388 g/mol. The second-order valence-corrected chi connectivity index (χ2v) is 7.22. The van der Waals surface area contributed by atoms with Crippen molar-refractivity contribution in [2.24, 2.45) is 7.05 Å². The van der Waals surface area contributed by atoms with Gasteiger partial charge in [-0.2, -0.15) is 0 Å². The average Bonchev–Trinajstić information content (AvgIpc) is 2.78. The lowest BCUT2D eigenvalue weighted by Gasteiger charge is -2.42. The van der Waals surface area contributed by atoms with Crippen molar-refractivity contribution in [3.63, 3.8) is 0 Å². The molecule has 0 saturated heterocycles. The normalized spacial score (nSPS) is 16.9. The van der Waals surface area contributed by atoms with Crippen LogP contribution in [0.5, 0.6) is 0 Å². The Morgan fingerprint density at radius 3 is 2.57 bits per heavy atom. The second kappa shape index (κ2) is 4.83. The van der Waals surface area contributed by atoms with Crippen LogP contribution in [0.25, 0.3) is 11.0 Å². The van der Waals surface area contributed by atoms with Crippen molar-refractivity contribution in [2.45, 2.75) is 24.7 Å². The number of pyridine rings is 1. The summed E-state index contributed by atoms with van der Waals surface area (Å²) in [6, 6.07) is 13.3. The third kappa shape index (κ3) is 1.94. The van der Waals surface area contributed by atoms with E-state index in [9.17, 15) is 0 Å². The number of aromatic nitrogens is 2. The molecule has 0 amide bonds. The van der Waals surface area contributed by atoms with Gasteiger partial charge in [0.25, 0.3) is 0 Å². The van der Waals surface area contributed by atoms with Crippen LogP contribution < -0.4 is 0 Å². The van der Waals surface area contributed by atoms with Gasteiger partial charge in [0, 0.05) is 33.8 Å². The van der Waals surface area contributed by atoms with E-state index < -0.39 is 0 Å². The molecule has 1 aliphatic carbocycles. The molecule has 3 aromatic rings. The van der Waals surface area contributed by atoms with Crippen LogP contribution in [0.3, 0.4) is 0 Å². The van der Waals surface area contributed by atoms with Gasteiger partial charge in [0.05, 0.1) is 0 Å². The molecule has 0 spiro atoms. The number of hydrogen-bond acceptors (Lipinski definition) is 1. The van der Waals surface area contributed by atoms with Gasteiger partial charge in [-0.05, 0) is 70.8 Å². The van der Waals surface area contributed by atoms with Gasteiger partial charge in [0.2, 0.25) is 0 Å². The van der Waals surface area contributed by atoms with E-state index in [0.29, 0.717) is 0 Å². The van der Waals surface area contributed by atoms with Gasteiger partial charge in [-0.3, -0.25) is 0 Å². The van der Waals surface area contributed by atoms with Crippen LogP contribution in [0.1, 0.15) is 30.4 Å². The predicted molar refractivity (Wildman–Crippen MR) is 94.5 cm³/mol. The van der Waals surface area contributed by atoms with Crippen molar-refractivity contribution in [3.8, 4) is 0 Å². The van der Waals surface area contributed by atoms with Crippen molar-refractivity contribution in [2.75, 3.05) is 0 Å². The largest absolute Gasteiger partial charge is 0.335 e. The van der Waals surface area contributed by atoms with Crippen LogP contribution in [0.2, 0.25) is 0 Å². The molecule has 1 fully saturated rings. The summed E-state index contributed by atoms with van der Waals surface area (Å²) < 4.78 is 3.46. The molecule has 2 heterocycles. The third-order valence-corrected chi connectivity index (χ3v) is 5.57. The van der Waals surface area contributed by atoms with Gasteiger partial charge in [-0.1, -0.05) is 18.6 Å². The van der Waals surface area contributed by atoms with Gasteiger partial charge in [0.1, 0.15) is 5.65 Å². The zero-order valence-corrected chi connectivity index (χ0v) is 14.2. The third-order valence-electron chi connectivity index (χ3n) is 4.85. The molecule has 106 valence electrons. The number of benzene rings is 1. The Hall–Kier alpha value is -1.36. The maximum atomic E-state index is 4.54. The standard InChI is InChI=1S/C18H17IN2/c1-21-12-16(15-4-2-11-20-17(15)21)18(9-3-10-18)13-5-7-14(19)8-6-13/h2,4-8,11-12H,3,9-10H2,1H3. The summed E-state index contributed by atoms with van der Waals surface area (Å²) in [4.78, 5) is 4.54. The van der Waals surface area contributed by atoms with E-state index in [-0.39, 0.29) is 5.41 Å². The Bertz CT molecular complexity index is 798. The molecular weight excluding hydrogens is 371 g/mol. The molecule has 3 heteroatoms. The summed E-state index contributed by atoms with van der Waals surface area (Å²) in [6.07, 6.45) is 7.95. The Morgan fingerprint density at radius 1 is 1.14 bits per heavy atom. The zero-order valence-electron chi connectivity index (χ0n) is 12.0. The van der Waals surface area contributed by atoms with Crippen molar-refractivity contribution in [1.82, 2.24) is 9.55 Å². The van der Waals surface area contributed by atoms with E-state index in [1.54, 1.807) is 0 Å². The highest BCUT2D eigenvalue weighted by molar-refractivity contribution is 14.1. The molecular formula is C18H17IN2. The number of aryl methyl sites for hydroxylation is 1. The highest BCUT2D eigenvalue weighted by Gasteiger charge is 2.42. The van der Waals surface area contributed by atoms with Gasteiger partial charge in [0.15, 0.2) is 0 Å². The zero-order chi connectivity index (χ0) is 14.4. The highest BCUT2D eigenvalue weighted by Crippen LogP contribution is 2.51. The first-order valence-corrected chi connectivity index (χ1v) is 8.45. The minimum atomic E-state index is 0.187. The minimum Gasteiger partial charge on any atom is -0.335 e. The Morgan fingerprint density at radius 2 is 1.90 bits per heavy atom. The molecule has 0 unspecified atom stereocenters. The van der Waals surface area contributed by atoms with E-state index in [1.807, 2.05) is 12.3 Å². The second-order valence-electron chi connectivity index (χ2n) is 5.97. The predicted octanol–water partition coefficient (Wildman–Crippen LogP) is 4.65. The molecule has 0 bridgehead atoms. The summed E-state index contributed by atoms with van der Waals surface area (Å²) in [5.74, 6) is 0. The molecule has 2 aromatic heterocycles. The van der Waals surface area contributed by atoms with Crippen LogP contribution in [0.4, 0.5) is 0 Å². The van der Waals surface area contributed by atoms with E-state index in [1.165, 1.54) is 39.3 Å². The van der Waals surface area contributed by atoms with Crippen molar-refractivity contribution >= 4 is 33.6 Å². The molecule has 21 heavy (non-hydrogen) atoms. The highest BCUT2D eigenvalue weighted by atomic mass is 127. The van der Waals surface area contributed by atoms with Crippen LogP contribution in [0.15, 0.2) is 48.8 Å². The molecule has 1 saturated carbocycles. The Kier molecular flexibility index (Phi) is 3.06. The van der Waals surface area contributed by atoms with Crippen LogP contribution in [-0.4, -0.2) is 9.55 Å². The van der Waals surface area contributed by atoms with Crippen molar-refractivity contribution in [3.05, 3.63) is 63.5 Å². The maximum absolute atomic E-state index is 4.54. The smallest absolute Gasteiger partial charge is 0.139 e. The SMILES string of the molecule is Cn1cc(C2(c3ccc(I)cc3)CCC2)c2cccnc21. The molecule has 1 aromatic carbocycles. The summed E-state index contributed by atoms with van der Waals surface area (Å²) in [5.41, 5.74) is 4.17. The average molecular weight is 388 g/mol. The maximum Gasteiger partial charge on any atom is 0.139 e. The first-order chi connectivity index (χ1) is 10.2. The first-order valence-electron chi connectivity index (χ1n) is 7.37. The first kappa shape index (κ1) is 13.3. The van der Waals surface area contributed by atoms with Gasteiger partial charge in [-0.15, -0.1) is 0 Å². The number of fused-ring (bicyclic) bond motifs is 1. The van der Waals surface area contributed by atoms with Crippen molar-refractivity contribution < 1.29 is 0 Å². The fourth-order valence-corrected chi connectivity index (χ4v) is 3.97. The number of nitrogens with zero attached hydrogens (tertiary/aromatic N) is 2. The van der Waals surface area contributed by atoms with Gasteiger partial charge in [-0.25, -0.2) is 4.98 Å². The van der Waals surface area contributed by atoms with Gasteiger partial charge < -0.3 is 4.57 Å². The van der Waals surface area contributed by atoms with Gasteiger partial charge >= 0.3 is 0 Å². The van der Waals surface area contributed by atoms with E-state index >= 15 is 0 Å². The quantitative estimate of drug-likeness (QED) is 0.585. The summed E-state index contributed by atoms with van der Waals surface area (Å²) in [5, 5.41) is 1.30. The molecule has 0 radical (unpaired) electrons. The van der Waals surface area contributed by atoms with E-state index in [4.69, 9.17) is 0 Å². The lowest BCUT2D eigenvalue weighted by molar-refractivity contribution is 0.303. The number of hydrogen-bond donors (Lipinski definition) is 0. The molecule has 0 aliphatic heterocycles. The summed E-state index contributed by atoms with van der Waals surface area (Å²) in [7, 11) is 2.10. The van der Waals surface area contributed by atoms with E-state index in [2.05, 4.69) is 75.7 Å². The summed E-state index contributed by atoms with van der Waals surface area (Å²) >= 11 is 2.37. The Labute approximate surface area is 138 Å². The lowest BCUT2D eigenvalue weighted by atomic mass is 9.60. The van der Waals surface area contributed by atoms with Crippen LogP contribution >= 0.6 is 22.6 Å². The van der Waals surface area contributed by atoms with Crippen LogP contribution in [0, 0.1) is 3.57 Å². The minimum absolute atomic E-state index is 0.187. The molecule has 2 nitrogen and oxygen atoms in total. The lowest BCUT2D eigenvalue weighted by Crippen LogP contribution is -2.35. The number of rotatable bonds is 2. The fraction of sp³-hybridized carbons (Fsp3) is 0.278. The molecule has 0 N–H and O–H groups in total. The molecule has 1 aliphatic rings. The molecule has 4 rings (SSSR count). The van der Waals surface area contributed by atoms with E-state index in [0.717, 1.165) is 5.65 Å². The Balaban J connectivity index is 1.94. The topological polar surface area (TPSA) is 17.8 Å².